The van der Waals surface area contributed by atoms with Crippen LogP contribution in [0.25, 0.3) is 0 Å². The van der Waals surface area contributed by atoms with Gasteiger partial charge >= 0.3 is 6.03 Å². The first-order valence-electron chi connectivity index (χ1n) is 11.6. The number of urea groups is 1. The van der Waals surface area contributed by atoms with Crippen LogP contribution in [0.4, 0.5) is 10.5 Å². The monoisotopic (exact) mass is 466 g/mol. The summed E-state index contributed by atoms with van der Waals surface area (Å²) in [5.41, 5.74) is 1.15. The second-order valence-corrected chi connectivity index (χ2v) is 8.15. The molecule has 180 valence electrons. The number of morpholine rings is 1. The lowest BCUT2D eigenvalue weighted by atomic mass is 10.1. The van der Waals surface area contributed by atoms with Crippen molar-refractivity contribution in [2.45, 2.75) is 13.0 Å². The number of nitrogens with zero attached hydrogens (tertiary/aromatic N) is 3. The molecule has 2 aromatic carbocycles. The molecular formula is C25H30N4O5. The van der Waals surface area contributed by atoms with E-state index in [-0.39, 0.29) is 30.9 Å². The Labute approximate surface area is 199 Å². The van der Waals surface area contributed by atoms with Crippen LogP contribution in [0.3, 0.4) is 0 Å². The topological polar surface area (TPSA) is 91.4 Å². The Morgan fingerprint density at radius 1 is 0.941 bits per heavy atom. The lowest BCUT2D eigenvalue weighted by Crippen LogP contribution is -2.63. The highest BCUT2D eigenvalue weighted by atomic mass is 16.5. The fourth-order valence-electron chi connectivity index (χ4n) is 4.17. The Bertz CT molecular complexity index is 992. The van der Waals surface area contributed by atoms with Crippen molar-refractivity contribution in [3.05, 3.63) is 60.2 Å². The van der Waals surface area contributed by atoms with E-state index in [1.165, 1.54) is 0 Å². The molecule has 4 rings (SSSR count). The normalized spacial score (nSPS) is 18.4. The number of ether oxygens (including phenoxy) is 2. The molecule has 2 aliphatic heterocycles. The van der Waals surface area contributed by atoms with Crippen LogP contribution < -0.4 is 10.1 Å². The van der Waals surface area contributed by atoms with E-state index in [1.54, 1.807) is 63.2 Å². The molecule has 2 saturated heterocycles. The Morgan fingerprint density at radius 2 is 1.65 bits per heavy atom. The van der Waals surface area contributed by atoms with Gasteiger partial charge in [-0.25, -0.2) is 4.79 Å². The second-order valence-electron chi connectivity index (χ2n) is 8.15. The summed E-state index contributed by atoms with van der Waals surface area (Å²) in [6, 6.07) is 15.0. The van der Waals surface area contributed by atoms with Crippen molar-refractivity contribution in [2.75, 3.05) is 57.9 Å². The minimum Gasteiger partial charge on any atom is -0.494 e. The SMILES string of the molecule is CCOc1ccc(NC(=O)N2CCN(C(=O)c3ccccc3)C(C(=O)N3CCOCC3)C2)cc1. The maximum absolute atomic E-state index is 13.4. The fraction of sp³-hybridized carbons (Fsp3) is 0.400. The summed E-state index contributed by atoms with van der Waals surface area (Å²) in [6.45, 7) is 5.07. The van der Waals surface area contributed by atoms with E-state index in [2.05, 4.69) is 5.32 Å². The Morgan fingerprint density at radius 3 is 2.32 bits per heavy atom. The number of nitrogens with one attached hydrogen (secondary N) is 1. The van der Waals surface area contributed by atoms with Gasteiger partial charge in [0.1, 0.15) is 11.8 Å². The molecule has 2 aromatic rings. The van der Waals surface area contributed by atoms with E-state index >= 15 is 0 Å². The van der Waals surface area contributed by atoms with Gasteiger partial charge in [0.25, 0.3) is 5.91 Å². The summed E-state index contributed by atoms with van der Waals surface area (Å²) in [7, 11) is 0. The van der Waals surface area contributed by atoms with Crippen LogP contribution in [0.1, 0.15) is 17.3 Å². The minimum absolute atomic E-state index is 0.123. The molecule has 34 heavy (non-hydrogen) atoms. The van der Waals surface area contributed by atoms with E-state index < -0.39 is 6.04 Å². The highest BCUT2D eigenvalue weighted by Crippen LogP contribution is 2.20. The van der Waals surface area contributed by atoms with Gasteiger partial charge in [-0.1, -0.05) is 18.2 Å². The van der Waals surface area contributed by atoms with Crippen molar-refractivity contribution in [2.24, 2.45) is 0 Å². The molecule has 0 saturated carbocycles. The van der Waals surface area contributed by atoms with Gasteiger partial charge in [0, 0.05) is 37.4 Å². The average Bonchev–Trinajstić information content (AvgIpc) is 2.90. The maximum atomic E-state index is 13.4. The van der Waals surface area contributed by atoms with Gasteiger partial charge in [-0.05, 0) is 43.3 Å². The molecule has 1 unspecified atom stereocenters. The third-order valence-electron chi connectivity index (χ3n) is 5.97. The first-order valence-corrected chi connectivity index (χ1v) is 11.6. The van der Waals surface area contributed by atoms with Crippen LogP contribution in [0.5, 0.6) is 5.75 Å². The summed E-state index contributed by atoms with van der Waals surface area (Å²) in [6.07, 6.45) is 0. The summed E-state index contributed by atoms with van der Waals surface area (Å²) < 4.78 is 10.8. The molecule has 0 radical (unpaired) electrons. The number of carbonyl (C=O) groups excluding carboxylic acids is 3. The number of carbonyl (C=O) groups is 3. The molecule has 9 nitrogen and oxygen atoms in total. The number of rotatable bonds is 5. The molecule has 9 heteroatoms. The molecule has 0 aromatic heterocycles. The van der Waals surface area contributed by atoms with Gasteiger partial charge in [0.05, 0.1) is 26.4 Å². The highest BCUT2D eigenvalue weighted by Gasteiger charge is 2.39. The van der Waals surface area contributed by atoms with E-state index in [9.17, 15) is 14.4 Å². The predicted octanol–water partition coefficient (Wildman–Crippen LogP) is 2.30. The summed E-state index contributed by atoms with van der Waals surface area (Å²) >= 11 is 0. The van der Waals surface area contributed by atoms with Crippen molar-refractivity contribution in [3.8, 4) is 5.75 Å². The van der Waals surface area contributed by atoms with E-state index in [4.69, 9.17) is 9.47 Å². The Balaban J connectivity index is 1.49. The predicted molar refractivity (Wildman–Crippen MR) is 127 cm³/mol. The number of amides is 4. The lowest BCUT2D eigenvalue weighted by Gasteiger charge is -2.42. The molecule has 2 heterocycles. The van der Waals surface area contributed by atoms with Crippen LogP contribution >= 0.6 is 0 Å². The van der Waals surface area contributed by atoms with Gasteiger partial charge < -0.3 is 29.5 Å². The molecule has 1 atom stereocenters. The zero-order valence-corrected chi connectivity index (χ0v) is 19.3. The third kappa shape index (κ3) is 5.48. The van der Waals surface area contributed by atoms with Gasteiger partial charge in [0.2, 0.25) is 5.91 Å². The third-order valence-corrected chi connectivity index (χ3v) is 5.97. The van der Waals surface area contributed by atoms with Crippen LogP contribution in [-0.4, -0.2) is 91.1 Å². The van der Waals surface area contributed by atoms with Crippen molar-refractivity contribution >= 4 is 23.5 Å². The summed E-state index contributed by atoms with van der Waals surface area (Å²) in [4.78, 5) is 44.6. The molecule has 2 fully saturated rings. The average molecular weight is 467 g/mol. The standard InChI is InChI=1S/C25H30N4O5/c1-2-34-21-10-8-20(9-11-21)26-25(32)28-12-13-29(23(30)19-6-4-3-5-7-19)22(18-28)24(31)27-14-16-33-17-15-27/h3-11,22H,2,12-18H2,1H3,(H,26,32). The number of hydrogen-bond donors (Lipinski definition) is 1. The molecule has 4 amide bonds. The largest absolute Gasteiger partial charge is 0.494 e. The van der Waals surface area contributed by atoms with E-state index in [1.807, 2.05) is 13.0 Å². The maximum Gasteiger partial charge on any atom is 0.321 e. The van der Waals surface area contributed by atoms with Crippen molar-refractivity contribution in [1.82, 2.24) is 14.7 Å². The highest BCUT2D eigenvalue weighted by molar-refractivity contribution is 5.98. The number of benzene rings is 2. The first-order chi connectivity index (χ1) is 16.6. The summed E-state index contributed by atoms with van der Waals surface area (Å²) in [5, 5.41) is 2.88. The van der Waals surface area contributed by atoms with Crippen LogP contribution in [0.15, 0.2) is 54.6 Å². The van der Waals surface area contributed by atoms with E-state index in [0.717, 1.165) is 5.75 Å². The van der Waals surface area contributed by atoms with Crippen LogP contribution in [0.2, 0.25) is 0 Å². The second kappa shape index (κ2) is 11.0. The summed E-state index contributed by atoms with van der Waals surface area (Å²) in [5.74, 6) is 0.356. The Kier molecular flexibility index (Phi) is 7.64. The molecule has 2 aliphatic rings. The lowest BCUT2D eigenvalue weighted by molar-refractivity contribution is -0.141. The zero-order valence-electron chi connectivity index (χ0n) is 19.3. The minimum atomic E-state index is -0.759. The molecule has 0 spiro atoms. The van der Waals surface area contributed by atoms with Crippen molar-refractivity contribution in [1.29, 1.82) is 0 Å². The first kappa shape index (κ1) is 23.6. The Hall–Kier alpha value is -3.59. The number of anilines is 1. The fourth-order valence-corrected chi connectivity index (χ4v) is 4.17. The van der Waals surface area contributed by atoms with Gasteiger partial charge in [-0.2, -0.15) is 0 Å². The van der Waals surface area contributed by atoms with Gasteiger partial charge in [-0.3, -0.25) is 9.59 Å². The number of hydrogen-bond acceptors (Lipinski definition) is 5. The molecule has 0 aliphatic carbocycles. The van der Waals surface area contributed by atoms with Crippen molar-refractivity contribution < 1.29 is 23.9 Å². The zero-order chi connectivity index (χ0) is 23.9. The van der Waals surface area contributed by atoms with Crippen LogP contribution in [0, 0.1) is 0 Å². The number of piperazine rings is 1. The van der Waals surface area contributed by atoms with Gasteiger partial charge in [0.15, 0.2) is 0 Å². The molecule has 0 bridgehead atoms. The van der Waals surface area contributed by atoms with Gasteiger partial charge in [-0.15, -0.1) is 0 Å². The smallest absolute Gasteiger partial charge is 0.321 e. The molecular weight excluding hydrogens is 436 g/mol. The van der Waals surface area contributed by atoms with Crippen LogP contribution in [-0.2, 0) is 9.53 Å². The molecule has 1 N–H and O–H groups in total. The van der Waals surface area contributed by atoms with E-state index in [0.29, 0.717) is 50.7 Å². The van der Waals surface area contributed by atoms with Crippen molar-refractivity contribution in [3.63, 3.8) is 0 Å². The quantitative estimate of drug-likeness (QED) is 0.730.